The first-order valence-electron chi connectivity index (χ1n) is 9.12. The number of ether oxygens (including phenoxy) is 3. The van der Waals surface area contributed by atoms with Gasteiger partial charge in [-0.15, -0.1) is 0 Å². The summed E-state index contributed by atoms with van der Waals surface area (Å²) in [5.41, 5.74) is 4.55. The van der Waals surface area contributed by atoms with E-state index in [4.69, 9.17) is 25.8 Å². The maximum Gasteiger partial charge on any atom is 0.271 e. The predicted molar refractivity (Wildman–Crippen MR) is 117 cm³/mol. The van der Waals surface area contributed by atoms with Crippen LogP contribution < -0.4 is 19.6 Å². The topological polar surface area (TPSA) is 69.2 Å². The molecule has 0 bridgehead atoms. The zero-order valence-electron chi connectivity index (χ0n) is 16.6. The third-order valence-corrected chi connectivity index (χ3v) is 4.46. The number of hydrogen-bond acceptors (Lipinski definition) is 5. The molecule has 3 aromatic carbocycles. The van der Waals surface area contributed by atoms with Crippen LogP contribution in [0.5, 0.6) is 17.2 Å². The summed E-state index contributed by atoms with van der Waals surface area (Å²) < 4.78 is 16.4. The second-order valence-electron chi connectivity index (χ2n) is 6.23. The van der Waals surface area contributed by atoms with E-state index in [0.717, 1.165) is 5.56 Å². The summed E-state index contributed by atoms with van der Waals surface area (Å²) in [6.45, 7) is 0.397. The highest BCUT2D eigenvalue weighted by molar-refractivity contribution is 6.30. The minimum atomic E-state index is -0.389. The lowest BCUT2D eigenvalue weighted by Gasteiger charge is -2.12. The summed E-state index contributed by atoms with van der Waals surface area (Å²) in [6.07, 6.45) is 1.47. The third kappa shape index (κ3) is 5.52. The first-order chi connectivity index (χ1) is 14.6. The van der Waals surface area contributed by atoms with Gasteiger partial charge in [0.2, 0.25) is 0 Å². The van der Waals surface area contributed by atoms with Gasteiger partial charge in [-0.2, -0.15) is 5.10 Å². The molecule has 1 N–H and O–H groups in total. The molecule has 0 aromatic heterocycles. The molecule has 1 amide bonds. The van der Waals surface area contributed by atoms with Gasteiger partial charge >= 0.3 is 0 Å². The number of hydrogen-bond donors (Lipinski definition) is 1. The molecule has 7 heteroatoms. The number of nitrogens with one attached hydrogen (secondary N) is 1. The Morgan fingerprint density at radius 2 is 1.70 bits per heavy atom. The third-order valence-electron chi connectivity index (χ3n) is 4.22. The number of amides is 1. The van der Waals surface area contributed by atoms with Crippen molar-refractivity contribution >= 4 is 23.7 Å². The van der Waals surface area contributed by atoms with Crippen molar-refractivity contribution in [2.45, 2.75) is 6.61 Å². The van der Waals surface area contributed by atoms with Gasteiger partial charge in [-0.05, 0) is 42.0 Å². The van der Waals surface area contributed by atoms with E-state index in [1.54, 1.807) is 43.5 Å². The average Bonchev–Trinajstić information content (AvgIpc) is 2.78. The van der Waals surface area contributed by atoms with Gasteiger partial charge in [-0.25, -0.2) is 5.43 Å². The Balaban J connectivity index is 1.67. The minimum absolute atomic E-state index is 0.383. The summed E-state index contributed by atoms with van der Waals surface area (Å²) >= 11 is 5.99. The number of nitrogens with zero attached hydrogens (tertiary/aromatic N) is 1. The van der Waals surface area contributed by atoms with Crippen molar-refractivity contribution in [3.63, 3.8) is 0 Å². The first-order valence-corrected chi connectivity index (χ1v) is 9.50. The molecular formula is C23H21ClN2O4. The summed E-state index contributed by atoms with van der Waals surface area (Å²) in [5, 5.41) is 4.53. The van der Waals surface area contributed by atoms with Crippen LogP contribution in [-0.4, -0.2) is 26.3 Å². The highest BCUT2D eigenvalue weighted by Crippen LogP contribution is 2.29. The highest BCUT2D eigenvalue weighted by Gasteiger charge is 2.11. The van der Waals surface area contributed by atoms with Crippen LogP contribution in [-0.2, 0) is 6.61 Å². The lowest BCUT2D eigenvalue weighted by Crippen LogP contribution is -2.17. The van der Waals surface area contributed by atoms with E-state index in [1.807, 2.05) is 30.3 Å². The molecule has 30 heavy (non-hydrogen) atoms. The Kier molecular flexibility index (Phi) is 7.29. The van der Waals surface area contributed by atoms with Crippen molar-refractivity contribution in [1.82, 2.24) is 5.43 Å². The Morgan fingerprint density at radius 3 is 2.43 bits per heavy atom. The number of benzene rings is 3. The summed E-state index contributed by atoms with van der Waals surface area (Å²) in [7, 11) is 3.07. The van der Waals surface area contributed by atoms with Gasteiger partial charge in [-0.3, -0.25) is 4.79 Å². The fourth-order valence-electron chi connectivity index (χ4n) is 2.69. The van der Waals surface area contributed by atoms with Crippen LogP contribution >= 0.6 is 11.6 Å². The van der Waals surface area contributed by atoms with Crippen LogP contribution in [0.4, 0.5) is 0 Å². The summed E-state index contributed by atoms with van der Waals surface area (Å²) in [4.78, 5) is 12.4. The molecule has 6 nitrogen and oxygen atoms in total. The quantitative estimate of drug-likeness (QED) is 0.420. The normalized spacial score (nSPS) is 10.6. The smallest absolute Gasteiger partial charge is 0.271 e. The molecule has 0 radical (unpaired) electrons. The molecule has 0 aliphatic rings. The predicted octanol–water partition coefficient (Wildman–Crippen LogP) is 4.70. The van der Waals surface area contributed by atoms with Gasteiger partial charge in [0.1, 0.15) is 12.4 Å². The fraction of sp³-hybridized carbons (Fsp3) is 0.130. The summed E-state index contributed by atoms with van der Waals surface area (Å²) in [6, 6.07) is 19.9. The van der Waals surface area contributed by atoms with E-state index in [9.17, 15) is 4.79 Å². The number of carbonyl (C=O) groups is 1. The Labute approximate surface area is 180 Å². The molecular weight excluding hydrogens is 404 g/mol. The van der Waals surface area contributed by atoms with E-state index in [0.29, 0.717) is 40.0 Å². The number of methoxy groups -OCH3 is 2. The molecule has 3 aromatic rings. The van der Waals surface area contributed by atoms with Gasteiger partial charge in [0.05, 0.1) is 20.4 Å². The number of carbonyl (C=O) groups excluding carboxylic acids is 1. The molecule has 154 valence electrons. The van der Waals surface area contributed by atoms with Gasteiger partial charge in [-0.1, -0.05) is 41.9 Å². The Morgan fingerprint density at radius 1 is 0.967 bits per heavy atom. The SMILES string of the molecule is COc1ccc(Cl)cc1/C=N/NC(=O)c1ccc(OCc2ccccc2)c(OC)c1. The zero-order chi connectivity index (χ0) is 21.3. The summed E-state index contributed by atoms with van der Waals surface area (Å²) in [5.74, 6) is 1.21. The van der Waals surface area contributed by atoms with Crippen LogP contribution in [0.25, 0.3) is 0 Å². The van der Waals surface area contributed by atoms with Crippen LogP contribution in [0.2, 0.25) is 5.02 Å². The first kappa shape index (κ1) is 21.2. The van der Waals surface area contributed by atoms with Crippen LogP contribution in [0.15, 0.2) is 71.8 Å². The molecule has 0 unspecified atom stereocenters. The van der Waals surface area contributed by atoms with Crippen molar-refractivity contribution in [3.05, 3.63) is 88.4 Å². The lowest BCUT2D eigenvalue weighted by molar-refractivity contribution is 0.0954. The van der Waals surface area contributed by atoms with Crippen molar-refractivity contribution in [2.24, 2.45) is 5.10 Å². The molecule has 0 saturated carbocycles. The molecule has 0 aliphatic heterocycles. The fourth-order valence-corrected chi connectivity index (χ4v) is 2.88. The molecule has 3 rings (SSSR count). The van der Waals surface area contributed by atoms with E-state index >= 15 is 0 Å². The zero-order valence-corrected chi connectivity index (χ0v) is 17.3. The van der Waals surface area contributed by atoms with Gasteiger partial charge in [0.15, 0.2) is 11.5 Å². The van der Waals surface area contributed by atoms with Gasteiger partial charge in [0, 0.05) is 16.1 Å². The molecule has 0 fully saturated rings. The van der Waals surface area contributed by atoms with E-state index in [-0.39, 0.29) is 5.91 Å². The van der Waals surface area contributed by atoms with Crippen LogP contribution in [0, 0.1) is 0 Å². The van der Waals surface area contributed by atoms with Gasteiger partial charge < -0.3 is 14.2 Å². The van der Waals surface area contributed by atoms with Crippen LogP contribution in [0.1, 0.15) is 21.5 Å². The minimum Gasteiger partial charge on any atom is -0.496 e. The van der Waals surface area contributed by atoms with Crippen molar-refractivity contribution < 1.29 is 19.0 Å². The van der Waals surface area contributed by atoms with Crippen molar-refractivity contribution in [3.8, 4) is 17.2 Å². The molecule has 0 atom stereocenters. The number of rotatable bonds is 8. The Hall–Kier alpha value is -3.51. The lowest BCUT2D eigenvalue weighted by atomic mass is 10.2. The number of hydrazone groups is 1. The van der Waals surface area contributed by atoms with Crippen molar-refractivity contribution in [1.29, 1.82) is 0 Å². The largest absolute Gasteiger partial charge is 0.496 e. The maximum atomic E-state index is 12.4. The standard InChI is InChI=1S/C23H21ClN2O4/c1-28-20-11-9-19(24)12-18(20)14-25-26-23(27)17-8-10-21(22(13-17)29-2)30-15-16-6-4-3-5-7-16/h3-14H,15H2,1-2H3,(H,26,27)/b25-14+. The highest BCUT2D eigenvalue weighted by atomic mass is 35.5. The van der Waals surface area contributed by atoms with E-state index < -0.39 is 0 Å². The second kappa shape index (κ2) is 10.3. The molecule has 0 aliphatic carbocycles. The molecule has 0 saturated heterocycles. The Bertz CT molecular complexity index is 1040. The van der Waals surface area contributed by atoms with Crippen LogP contribution in [0.3, 0.4) is 0 Å². The molecule has 0 spiro atoms. The van der Waals surface area contributed by atoms with Crippen molar-refractivity contribution in [2.75, 3.05) is 14.2 Å². The number of halogens is 1. The maximum absolute atomic E-state index is 12.4. The molecule has 0 heterocycles. The van der Waals surface area contributed by atoms with Gasteiger partial charge in [0.25, 0.3) is 5.91 Å². The monoisotopic (exact) mass is 424 g/mol. The van der Waals surface area contributed by atoms with E-state index in [1.165, 1.54) is 13.3 Å². The second-order valence-corrected chi connectivity index (χ2v) is 6.66. The van der Waals surface area contributed by atoms with E-state index in [2.05, 4.69) is 10.5 Å². The average molecular weight is 425 g/mol.